The van der Waals surface area contributed by atoms with Gasteiger partial charge in [-0.1, -0.05) is 127 Å². The highest BCUT2D eigenvalue weighted by Gasteiger charge is 2.29. The monoisotopic (exact) mass is 563 g/mol. The smallest absolute Gasteiger partial charge is 0.201 e. The Morgan fingerprint density at radius 2 is 1.25 bits per heavy atom. The highest BCUT2D eigenvalue weighted by atomic mass is 16.3. The third kappa shape index (κ3) is 3.14. The summed E-state index contributed by atoms with van der Waals surface area (Å²) in [6, 6.07) is 49.2. The first-order valence-electron chi connectivity index (χ1n) is 15.0. The van der Waals surface area contributed by atoms with Crippen molar-refractivity contribution in [3.63, 3.8) is 0 Å². The summed E-state index contributed by atoms with van der Waals surface area (Å²) in [7, 11) is 0. The zero-order chi connectivity index (χ0) is 28.8. The normalized spacial score (nSPS) is 14.9. The van der Waals surface area contributed by atoms with E-state index in [9.17, 15) is 0 Å². The molecule has 1 aliphatic heterocycles. The fraction of sp³-hybridized carbons (Fsp3) is 0.0250. The minimum Gasteiger partial charge on any atom is -0.455 e. The van der Waals surface area contributed by atoms with Crippen LogP contribution in [0.15, 0.2) is 149 Å². The zero-order valence-electron chi connectivity index (χ0n) is 23.7. The van der Waals surface area contributed by atoms with Gasteiger partial charge in [-0.15, -0.1) is 0 Å². The fourth-order valence-electron chi connectivity index (χ4n) is 7.34. The summed E-state index contributed by atoms with van der Waals surface area (Å²) in [5.41, 5.74) is 8.40. The number of aliphatic imine (C=N–C) groups is 1. The molecule has 7 aromatic carbocycles. The highest BCUT2D eigenvalue weighted by Crippen LogP contribution is 2.48. The number of rotatable bonds is 2. The number of fused-ring (bicyclic) bond motifs is 13. The van der Waals surface area contributed by atoms with E-state index in [0.29, 0.717) is 0 Å². The Morgan fingerprint density at radius 1 is 0.545 bits per heavy atom. The maximum atomic E-state index is 6.63. The van der Waals surface area contributed by atoms with Crippen LogP contribution in [0.2, 0.25) is 0 Å². The molecule has 0 radical (unpaired) electrons. The average Bonchev–Trinajstić information content (AvgIpc) is 3.65. The van der Waals surface area contributed by atoms with Gasteiger partial charge in [-0.2, -0.15) is 0 Å². The van der Waals surface area contributed by atoms with Crippen molar-refractivity contribution in [2.75, 3.05) is 5.32 Å². The van der Waals surface area contributed by atoms with Gasteiger partial charge in [-0.05, 0) is 17.5 Å². The summed E-state index contributed by atoms with van der Waals surface area (Å²) in [4.78, 5) is 5.52. The van der Waals surface area contributed by atoms with Gasteiger partial charge < -0.3 is 9.73 Å². The zero-order valence-corrected chi connectivity index (χ0v) is 23.7. The molecule has 4 nitrogen and oxygen atoms in total. The number of para-hydroxylation sites is 2. The van der Waals surface area contributed by atoms with Crippen LogP contribution in [0.4, 0.5) is 5.69 Å². The second kappa shape index (κ2) is 8.82. The van der Waals surface area contributed by atoms with Gasteiger partial charge >= 0.3 is 0 Å². The predicted molar refractivity (Wildman–Crippen MR) is 183 cm³/mol. The van der Waals surface area contributed by atoms with Crippen LogP contribution in [-0.2, 0) is 0 Å². The molecule has 0 fully saturated rings. The van der Waals surface area contributed by atoms with E-state index >= 15 is 0 Å². The van der Waals surface area contributed by atoms with Crippen molar-refractivity contribution in [3.05, 3.63) is 151 Å². The Morgan fingerprint density at radius 3 is 2.14 bits per heavy atom. The lowest BCUT2D eigenvalue weighted by atomic mass is 9.98. The first-order valence-corrected chi connectivity index (χ1v) is 15.0. The summed E-state index contributed by atoms with van der Waals surface area (Å²) in [6.07, 6.45) is -0.384. The van der Waals surface area contributed by atoms with Gasteiger partial charge in [0.15, 0.2) is 0 Å². The number of furan rings is 1. The molecule has 3 heterocycles. The molecule has 0 spiro atoms. The van der Waals surface area contributed by atoms with Crippen molar-refractivity contribution < 1.29 is 4.42 Å². The summed E-state index contributed by atoms with van der Waals surface area (Å²) in [5.74, 6) is 0. The topological polar surface area (TPSA) is 42.5 Å². The molecular formula is C40H25N3O. The van der Waals surface area contributed by atoms with Gasteiger partial charge in [0.05, 0.1) is 16.7 Å². The van der Waals surface area contributed by atoms with E-state index in [2.05, 4.69) is 143 Å². The molecule has 1 atom stereocenters. The quantitative estimate of drug-likeness (QED) is 0.227. The second-order valence-corrected chi connectivity index (χ2v) is 11.5. The number of nitrogens with zero attached hydrogens (tertiary/aromatic N) is 2. The Labute approximate surface area is 252 Å². The average molecular weight is 564 g/mol. The number of benzene rings is 7. The lowest BCUT2D eigenvalue weighted by Gasteiger charge is -2.28. The number of aromatic nitrogens is 1. The molecule has 0 amide bonds. The van der Waals surface area contributed by atoms with Crippen LogP contribution in [-0.4, -0.2) is 10.3 Å². The van der Waals surface area contributed by atoms with Crippen molar-refractivity contribution in [2.45, 2.75) is 6.29 Å². The molecule has 1 aliphatic rings. The third-order valence-electron chi connectivity index (χ3n) is 9.17. The maximum Gasteiger partial charge on any atom is 0.201 e. The molecule has 0 saturated heterocycles. The van der Waals surface area contributed by atoms with Gasteiger partial charge in [0.1, 0.15) is 11.2 Å². The van der Waals surface area contributed by atoms with Crippen molar-refractivity contribution in [3.8, 4) is 0 Å². The minimum atomic E-state index is -0.384. The van der Waals surface area contributed by atoms with E-state index in [1.165, 1.54) is 21.5 Å². The van der Waals surface area contributed by atoms with E-state index in [-0.39, 0.29) is 6.29 Å². The molecule has 0 saturated carbocycles. The summed E-state index contributed by atoms with van der Waals surface area (Å²) in [6.45, 7) is 0. The van der Waals surface area contributed by atoms with Crippen LogP contribution in [0.5, 0.6) is 0 Å². The van der Waals surface area contributed by atoms with E-state index in [1.807, 2.05) is 6.07 Å². The largest absolute Gasteiger partial charge is 0.455 e. The minimum absolute atomic E-state index is 0.384. The number of hydrogen-bond donors (Lipinski definition) is 1. The van der Waals surface area contributed by atoms with Crippen molar-refractivity contribution in [2.24, 2.45) is 4.99 Å². The van der Waals surface area contributed by atoms with Crippen LogP contribution in [0.3, 0.4) is 0 Å². The Bertz CT molecular complexity index is 2640. The number of anilines is 1. The summed E-state index contributed by atoms with van der Waals surface area (Å²) < 4.78 is 9.07. The fourth-order valence-corrected chi connectivity index (χ4v) is 7.34. The lowest BCUT2D eigenvalue weighted by Crippen LogP contribution is -2.25. The van der Waals surface area contributed by atoms with Crippen molar-refractivity contribution >= 4 is 76.7 Å². The second-order valence-electron chi connectivity index (χ2n) is 11.5. The number of nitrogens with one attached hydrogen (secondary N) is 1. The van der Waals surface area contributed by atoms with Gasteiger partial charge in [-0.25, -0.2) is 4.99 Å². The van der Waals surface area contributed by atoms with Gasteiger partial charge in [-0.3, -0.25) is 4.57 Å². The molecule has 2 aromatic heterocycles. The first-order chi connectivity index (χ1) is 21.8. The van der Waals surface area contributed by atoms with Gasteiger partial charge in [0, 0.05) is 54.5 Å². The molecule has 10 rings (SSSR count). The van der Waals surface area contributed by atoms with Crippen molar-refractivity contribution in [1.82, 2.24) is 4.57 Å². The summed E-state index contributed by atoms with van der Waals surface area (Å²) >= 11 is 0. The Hall–Kier alpha value is -5.87. The standard InChI is InChI=1S/C40H25N3O/c1-2-13-25(14-3-1)36-29-18-8-10-20-32(29)41-40(42-36)43-37-26-15-5-4-12-24(26)22-23-31(37)34-35-30-19-9-11-21-33(30)44-39(35)28-17-7-6-16-27(28)38(34)43/h1-23,40-41H. The SMILES string of the molecule is c1ccc(C2=NC(n3c4c5ccccc5ccc4c4c5c6ccccc6oc5c5ccccc5c43)Nc3ccccc32)cc1. The Balaban J connectivity index is 1.44. The van der Waals surface area contributed by atoms with Crippen LogP contribution >= 0.6 is 0 Å². The van der Waals surface area contributed by atoms with E-state index in [1.54, 1.807) is 0 Å². The lowest BCUT2D eigenvalue weighted by molar-refractivity contribution is 0.627. The van der Waals surface area contributed by atoms with Crippen molar-refractivity contribution in [1.29, 1.82) is 0 Å². The predicted octanol–water partition coefficient (Wildman–Crippen LogP) is 10.4. The Kier molecular flexibility index (Phi) is 4.74. The summed E-state index contributed by atoms with van der Waals surface area (Å²) in [5, 5.41) is 13.1. The van der Waals surface area contributed by atoms with E-state index in [0.717, 1.165) is 66.3 Å². The molecular weight excluding hydrogens is 538 g/mol. The molecule has 44 heavy (non-hydrogen) atoms. The number of hydrogen-bond acceptors (Lipinski definition) is 3. The highest BCUT2D eigenvalue weighted by molar-refractivity contribution is 6.37. The maximum absolute atomic E-state index is 6.63. The van der Waals surface area contributed by atoms with Crippen LogP contribution in [0.1, 0.15) is 17.4 Å². The molecule has 0 aliphatic carbocycles. The molecule has 9 aromatic rings. The first kappa shape index (κ1) is 23.7. The van der Waals surface area contributed by atoms with Gasteiger partial charge in [0.2, 0.25) is 6.29 Å². The van der Waals surface area contributed by atoms with Crippen LogP contribution in [0, 0.1) is 0 Å². The van der Waals surface area contributed by atoms with E-state index < -0.39 is 0 Å². The molecule has 1 N–H and O–H groups in total. The van der Waals surface area contributed by atoms with Gasteiger partial charge in [0.25, 0.3) is 0 Å². The molecule has 206 valence electrons. The molecule has 0 bridgehead atoms. The van der Waals surface area contributed by atoms with E-state index in [4.69, 9.17) is 9.41 Å². The molecule has 4 heteroatoms. The van der Waals surface area contributed by atoms with Crippen LogP contribution < -0.4 is 5.32 Å². The molecule has 1 unspecified atom stereocenters. The van der Waals surface area contributed by atoms with Crippen LogP contribution in [0.25, 0.3) is 65.3 Å². The third-order valence-corrected chi connectivity index (χ3v) is 9.17.